The van der Waals surface area contributed by atoms with Gasteiger partial charge in [-0.1, -0.05) is 0 Å². The van der Waals surface area contributed by atoms with Gasteiger partial charge < -0.3 is 20.5 Å². The molecule has 106 valence electrons. The van der Waals surface area contributed by atoms with Crippen LogP contribution in [0, 0.1) is 12.3 Å². The molecule has 0 spiro atoms. The number of carboxylic acid groups (broad SMARTS) is 1. The smallest absolute Gasteiger partial charge is 0.327 e. The minimum Gasteiger partial charge on any atom is -0.494 e. The number of anilines is 1. The first-order valence-corrected chi connectivity index (χ1v) is 6.03. The quantitative estimate of drug-likeness (QED) is 0.690. The zero-order valence-corrected chi connectivity index (χ0v) is 11.1. The molecule has 2 amide bonds. The number of carboxylic acids is 1. The second-order valence-corrected chi connectivity index (χ2v) is 3.85. The molecule has 6 heteroatoms. The van der Waals surface area contributed by atoms with Crippen LogP contribution >= 0.6 is 0 Å². The van der Waals surface area contributed by atoms with Gasteiger partial charge >= 0.3 is 12.0 Å². The molecule has 0 saturated heterocycles. The molecule has 1 aromatic rings. The number of terminal acetylenes is 1. The number of carbonyl (C=O) groups is 2. The van der Waals surface area contributed by atoms with Gasteiger partial charge in [-0.15, -0.1) is 12.3 Å². The molecule has 1 atom stereocenters. The van der Waals surface area contributed by atoms with Crippen molar-refractivity contribution < 1.29 is 19.4 Å². The summed E-state index contributed by atoms with van der Waals surface area (Å²) in [5.41, 5.74) is 0.524. The predicted molar refractivity (Wildman–Crippen MR) is 74.6 cm³/mol. The number of ether oxygens (including phenoxy) is 1. The van der Waals surface area contributed by atoms with Crippen molar-refractivity contribution in [2.75, 3.05) is 11.9 Å². The molecule has 3 N–H and O–H groups in total. The van der Waals surface area contributed by atoms with E-state index in [1.54, 1.807) is 24.3 Å². The third-order valence-electron chi connectivity index (χ3n) is 2.35. The fraction of sp³-hybridized carbons (Fsp3) is 0.286. The molecule has 1 rings (SSSR count). The van der Waals surface area contributed by atoms with Gasteiger partial charge in [0.15, 0.2) is 0 Å². The highest BCUT2D eigenvalue weighted by Gasteiger charge is 2.18. The van der Waals surface area contributed by atoms with Crippen LogP contribution in [-0.4, -0.2) is 29.8 Å². The lowest BCUT2D eigenvalue weighted by molar-refractivity contribution is -0.139. The first-order valence-electron chi connectivity index (χ1n) is 6.03. The van der Waals surface area contributed by atoms with E-state index in [9.17, 15) is 9.59 Å². The molecule has 0 aliphatic carbocycles. The second kappa shape index (κ2) is 7.69. The maximum Gasteiger partial charge on any atom is 0.327 e. The van der Waals surface area contributed by atoms with E-state index in [2.05, 4.69) is 16.6 Å². The van der Waals surface area contributed by atoms with Crippen molar-refractivity contribution in [1.29, 1.82) is 0 Å². The molecule has 1 unspecified atom stereocenters. The predicted octanol–water partition coefficient (Wildman–Crippen LogP) is 1.68. The normalized spacial score (nSPS) is 11.0. The topological polar surface area (TPSA) is 87.7 Å². The number of carbonyl (C=O) groups excluding carboxylic acids is 1. The summed E-state index contributed by atoms with van der Waals surface area (Å²) in [6.45, 7) is 2.43. The molecule has 0 bridgehead atoms. The summed E-state index contributed by atoms with van der Waals surface area (Å²) in [5.74, 6) is 1.71. The molecular weight excluding hydrogens is 260 g/mol. The largest absolute Gasteiger partial charge is 0.494 e. The van der Waals surface area contributed by atoms with Crippen molar-refractivity contribution in [3.05, 3.63) is 24.3 Å². The van der Waals surface area contributed by atoms with Crippen molar-refractivity contribution in [2.45, 2.75) is 19.4 Å². The fourth-order valence-corrected chi connectivity index (χ4v) is 1.44. The van der Waals surface area contributed by atoms with Gasteiger partial charge in [-0.3, -0.25) is 0 Å². The van der Waals surface area contributed by atoms with E-state index in [1.807, 2.05) is 6.92 Å². The number of nitrogens with one attached hydrogen (secondary N) is 2. The summed E-state index contributed by atoms with van der Waals surface area (Å²) < 4.78 is 5.27. The van der Waals surface area contributed by atoms with Crippen molar-refractivity contribution in [1.82, 2.24) is 5.32 Å². The molecular formula is C14H16N2O4. The second-order valence-electron chi connectivity index (χ2n) is 3.85. The highest BCUT2D eigenvalue weighted by atomic mass is 16.5. The number of hydrogen-bond acceptors (Lipinski definition) is 3. The summed E-state index contributed by atoms with van der Waals surface area (Å²) in [6.07, 6.45) is 4.96. The van der Waals surface area contributed by atoms with Crippen LogP contribution in [0.15, 0.2) is 24.3 Å². The molecule has 0 aliphatic heterocycles. The van der Waals surface area contributed by atoms with E-state index < -0.39 is 18.0 Å². The number of urea groups is 1. The number of rotatable bonds is 6. The van der Waals surface area contributed by atoms with Crippen LogP contribution < -0.4 is 15.4 Å². The lowest BCUT2D eigenvalue weighted by atomic mass is 10.2. The van der Waals surface area contributed by atoms with Gasteiger partial charge in [-0.2, -0.15) is 0 Å². The van der Waals surface area contributed by atoms with Gasteiger partial charge in [0, 0.05) is 12.1 Å². The van der Waals surface area contributed by atoms with Crippen molar-refractivity contribution in [3.8, 4) is 18.1 Å². The van der Waals surface area contributed by atoms with Crippen LogP contribution in [0.1, 0.15) is 13.3 Å². The Morgan fingerprint density at radius 1 is 1.40 bits per heavy atom. The minimum absolute atomic E-state index is 0.0774. The molecule has 6 nitrogen and oxygen atoms in total. The lowest BCUT2D eigenvalue weighted by Crippen LogP contribution is -2.42. The Morgan fingerprint density at radius 2 is 2.05 bits per heavy atom. The van der Waals surface area contributed by atoms with Crippen LogP contribution in [0.4, 0.5) is 10.5 Å². The third-order valence-corrected chi connectivity index (χ3v) is 2.35. The summed E-state index contributed by atoms with van der Waals surface area (Å²) in [4.78, 5) is 22.5. The Balaban J connectivity index is 2.57. The highest BCUT2D eigenvalue weighted by Crippen LogP contribution is 2.15. The van der Waals surface area contributed by atoms with Gasteiger partial charge in [0.05, 0.1) is 6.61 Å². The van der Waals surface area contributed by atoms with Crippen molar-refractivity contribution >= 4 is 17.7 Å². The SMILES string of the molecule is C#CCC(NC(=O)Nc1ccc(OCC)cc1)C(=O)O. The molecule has 20 heavy (non-hydrogen) atoms. The summed E-state index contributed by atoms with van der Waals surface area (Å²) in [6, 6.07) is 4.98. The Kier molecular flexibility index (Phi) is 5.91. The van der Waals surface area contributed by atoms with Gasteiger partial charge in [-0.25, -0.2) is 9.59 Å². The molecule has 1 aromatic carbocycles. The fourth-order valence-electron chi connectivity index (χ4n) is 1.44. The monoisotopic (exact) mass is 276 g/mol. The van der Waals surface area contributed by atoms with Gasteiger partial charge in [0.2, 0.25) is 0 Å². The van der Waals surface area contributed by atoms with Crippen LogP contribution in [0.2, 0.25) is 0 Å². The minimum atomic E-state index is -1.18. The van der Waals surface area contributed by atoms with Crippen molar-refractivity contribution in [2.24, 2.45) is 0 Å². The molecule has 0 heterocycles. The van der Waals surface area contributed by atoms with E-state index in [0.717, 1.165) is 0 Å². The average molecular weight is 276 g/mol. The number of amides is 2. The zero-order valence-electron chi connectivity index (χ0n) is 11.1. The molecule has 0 saturated carbocycles. The maximum atomic E-state index is 11.6. The van der Waals surface area contributed by atoms with Crippen LogP contribution in [0.25, 0.3) is 0 Å². The Hall–Kier alpha value is -2.68. The van der Waals surface area contributed by atoms with E-state index in [-0.39, 0.29) is 6.42 Å². The van der Waals surface area contributed by atoms with E-state index in [0.29, 0.717) is 18.0 Å². The number of benzene rings is 1. The first kappa shape index (κ1) is 15.4. The molecule has 0 fully saturated rings. The highest BCUT2D eigenvalue weighted by molar-refractivity contribution is 5.92. The van der Waals surface area contributed by atoms with E-state index in [1.165, 1.54) is 0 Å². The van der Waals surface area contributed by atoms with Crippen LogP contribution in [0.3, 0.4) is 0 Å². The molecule has 0 aliphatic rings. The van der Waals surface area contributed by atoms with Gasteiger partial charge in [-0.05, 0) is 31.2 Å². The van der Waals surface area contributed by atoms with E-state index in [4.69, 9.17) is 16.3 Å². The summed E-state index contributed by atoms with van der Waals surface area (Å²) in [5, 5.41) is 13.7. The Morgan fingerprint density at radius 3 is 2.55 bits per heavy atom. The van der Waals surface area contributed by atoms with Gasteiger partial charge in [0.25, 0.3) is 0 Å². The Bertz CT molecular complexity index is 505. The Labute approximate surface area is 117 Å². The van der Waals surface area contributed by atoms with Crippen molar-refractivity contribution in [3.63, 3.8) is 0 Å². The molecule has 0 radical (unpaired) electrons. The van der Waals surface area contributed by atoms with Crippen LogP contribution in [0.5, 0.6) is 5.75 Å². The third kappa shape index (κ3) is 4.90. The standard InChI is InChI=1S/C14H16N2O4/c1-3-5-12(13(17)18)16-14(19)15-10-6-8-11(9-7-10)20-4-2/h1,6-9,12H,4-5H2,2H3,(H,17,18)(H2,15,16,19). The lowest BCUT2D eigenvalue weighted by Gasteiger charge is -2.13. The average Bonchev–Trinajstić information content (AvgIpc) is 2.40. The van der Waals surface area contributed by atoms with E-state index >= 15 is 0 Å². The number of aliphatic carboxylic acids is 1. The first-order chi connectivity index (χ1) is 9.56. The number of hydrogen-bond donors (Lipinski definition) is 3. The van der Waals surface area contributed by atoms with Gasteiger partial charge in [0.1, 0.15) is 11.8 Å². The molecule has 0 aromatic heterocycles. The zero-order chi connectivity index (χ0) is 15.0. The summed E-state index contributed by atoms with van der Waals surface area (Å²) in [7, 11) is 0. The van der Waals surface area contributed by atoms with Crippen LogP contribution in [-0.2, 0) is 4.79 Å². The summed E-state index contributed by atoms with van der Waals surface area (Å²) >= 11 is 0. The maximum absolute atomic E-state index is 11.6.